The van der Waals surface area contributed by atoms with Gasteiger partial charge in [0.15, 0.2) is 5.11 Å². The third-order valence-electron chi connectivity index (χ3n) is 4.52. The zero-order valence-corrected chi connectivity index (χ0v) is 19.0. The molecule has 6 nitrogen and oxygen atoms in total. The van der Waals surface area contributed by atoms with Crippen LogP contribution in [-0.4, -0.2) is 27.0 Å². The molecule has 2 aromatic carbocycles. The minimum Gasteiger partial charge on any atom is -0.493 e. The predicted molar refractivity (Wildman–Crippen MR) is 130 cm³/mol. The summed E-state index contributed by atoms with van der Waals surface area (Å²) in [5.74, 6) is 0.382. The first kappa shape index (κ1) is 21.0. The topological polar surface area (TPSA) is 67.7 Å². The highest BCUT2D eigenvalue weighted by Gasteiger charge is 2.11. The van der Waals surface area contributed by atoms with E-state index < -0.39 is 0 Å². The summed E-state index contributed by atoms with van der Waals surface area (Å²) in [5, 5.41) is 5.94. The number of rotatable bonds is 5. The molecule has 31 heavy (non-hydrogen) atoms. The van der Waals surface area contributed by atoms with Gasteiger partial charge in [0.1, 0.15) is 11.4 Å². The van der Waals surface area contributed by atoms with Gasteiger partial charge in [-0.15, -0.1) is 0 Å². The van der Waals surface area contributed by atoms with Gasteiger partial charge in [0, 0.05) is 29.2 Å². The normalized spacial score (nSPS) is 10.6. The maximum atomic E-state index is 12.5. The molecule has 8 heteroatoms. The minimum absolute atomic E-state index is 0.218. The largest absolute Gasteiger partial charge is 0.493 e. The zero-order chi connectivity index (χ0) is 21.8. The summed E-state index contributed by atoms with van der Waals surface area (Å²) < 4.78 is 8.16. The number of anilines is 1. The van der Waals surface area contributed by atoms with Crippen molar-refractivity contribution in [3.8, 4) is 17.0 Å². The van der Waals surface area contributed by atoms with Crippen LogP contribution in [0.1, 0.15) is 17.3 Å². The van der Waals surface area contributed by atoms with Gasteiger partial charge in [0.2, 0.25) is 0 Å². The molecular weight excluding hydrogens is 476 g/mol. The number of imidazole rings is 1. The minimum atomic E-state index is -0.303. The number of hydrogen-bond donors (Lipinski definition) is 2. The number of amides is 1. The number of fused-ring (bicyclic) bond motifs is 1. The Labute approximate surface area is 193 Å². The number of carbonyl (C=O) groups is 1. The second-order valence-corrected chi connectivity index (χ2v) is 7.92. The number of pyridine rings is 1. The first-order chi connectivity index (χ1) is 15.0. The number of ether oxygens (including phenoxy) is 1. The van der Waals surface area contributed by atoms with Crippen LogP contribution in [0.5, 0.6) is 5.75 Å². The van der Waals surface area contributed by atoms with Crippen LogP contribution in [0.25, 0.3) is 16.9 Å². The molecule has 2 aromatic heterocycles. The summed E-state index contributed by atoms with van der Waals surface area (Å²) in [5.41, 5.74) is 4.01. The molecule has 0 bridgehead atoms. The summed E-state index contributed by atoms with van der Waals surface area (Å²) in [4.78, 5) is 17.1. The molecule has 0 radical (unpaired) electrons. The Hall–Kier alpha value is -3.23. The number of benzene rings is 2. The smallest absolute Gasteiger partial charge is 0.257 e. The molecule has 0 saturated carbocycles. The molecule has 0 atom stereocenters. The summed E-state index contributed by atoms with van der Waals surface area (Å²) in [6.45, 7) is 2.45. The van der Waals surface area contributed by atoms with Crippen molar-refractivity contribution in [2.24, 2.45) is 0 Å². The molecule has 0 saturated heterocycles. The molecule has 1 amide bonds. The lowest BCUT2D eigenvalue weighted by molar-refractivity contribution is 0.0977. The highest BCUT2D eigenvalue weighted by Crippen LogP contribution is 2.26. The van der Waals surface area contributed by atoms with Gasteiger partial charge in [-0.3, -0.25) is 10.1 Å². The average Bonchev–Trinajstić information content (AvgIpc) is 3.20. The predicted octanol–water partition coefficient (Wildman–Crippen LogP) is 5.29. The standard InChI is InChI=1S/C23H19BrN4O2S/c1-2-30-20-11-8-16(13-18(20)24)22(29)27-23(31)25-17-9-6-15(7-10-17)19-14-28-12-4-3-5-21(28)26-19/h3-14H,2H2,1H3,(H2,25,27,29,31). The van der Waals surface area contributed by atoms with E-state index in [1.165, 1.54) is 0 Å². The molecule has 4 aromatic rings. The summed E-state index contributed by atoms with van der Waals surface area (Å²) in [6.07, 6.45) is 3.95. The van der Waals surface area contributed by atoms with Crippen molar-refractivity contribution in [3.63, 3.8) is 0 Å². The van der Waals surface area contributed by atoms with Gasteiger partial charge < -0.3 is 14.5 Å². The number of carbonyl (C=O) groups excluding carboxylic acids is 1. The van der Waals surface area contributed by atoms with E-state index in [2.05, 4.69) is 31.5 Å². The maximum Gasteiger partial charge on any atom is 0.257 e. The van der Waals surface area contributed by atoms with Gasteiger partial charge in [-0.05, 0) is 77.5 Å². The Bertz CT molecular complexity index is 1220. The Morgan fingerprint density at radius 1 is 1.16 bits per heavy atom. The van der Waals surface area contributed by atoms with Crippen LogP contribution in [0.4, 0.5) is 5.69 Å². The molecule has 4 rings (SSSR count). The van der Waals surface area contributed by atoms with Gasteiger partial charge >= 0.3 is 0 Å². The lowest BCUT2D eigenvalue weighted by Gasteiger charge is -2.11. The number of thiocarbonyl (C=S) groups is 1. The first-order valence-corrected chi connectivity index (χ1v) is 10.8. The lowest BCUT2D eigenvalue weighted by atomic mass is 10.1. The fraction of sp³-hybridized carbons (Fsp3) is 0.0870. The van der Waals surface area contributed by atoms with Gasteiger partial charge in [0.25, 0.3) is 5.91 Å². The van der Waals surface area contributed by atoms with Crippen molar-refractivity contribution in [1.82, 2.24) is 14.7 Å². The van der Waals surface area contributed by atoms with Crippen LogP contribution >= 0.6 is 28.1 Å². The van der Waals surface area contributed by atoms with Crippen molar-refractivity contribution >= 4 is 50.5 Å². The van der Waals surface area contributed by atoms with E-state index in [4.69, 9.17) is 17.0 Å². The van der Waals surface area contributed by atoms with Gasteiger partial charge in [-0.1, -0.05) is 18.2 Å². The molecule has 2 heterocycles. The number of halogens is 1. The number of nitrogens with one attached hydrogen (secondary N) is 2. The average molecular weight is 495 g/mol. The van der Waals surface area contributed by atoms with Gasteiger partial charge in [-0.2, -0.15) is 0 Å². The lowest BCUT2D eigenvalue weighted by Crippen LogP contribution is -2.34. The highest BCUT2D eigenvalue weighted by molar-refractivity contribution is 9.10. The Morgan fingerprint density at radius 2 is 1.97 bits per heavy atom. The van der Waals surface area contributed by atoms with Crippen LogP contribution in [0.15, 0.2) is 77.5 Å². The third kappa shape index (κ3) is 4.92. The molecule has 0 spiro atoms. The van der Waals surface area contributed by atoms with Gasteiger partial charge in [0.05, 0.1) is 16.8 Å². The van der Waals surface area contributed by atoms with E-state index in [1.54, 1.807) is 18.2 Å². The second kappa shape index (κ2) is 9.28. The number of nitrogens with zero attached hydrogens (tertiary/aromatic N) is 2. The highest BCUT2D eigenvalue weighted by atomic mass is 79.9. The van der Waals surface area contributed by atoms with Crippen LogP contribution in [0.2, 0.25) is 0 Å². The summed E-state index contributed by atoms with van der Waals surface area (Å²) in [7, 11) is 0. The quantitative estimate of drug-likeness (QED) is 0.369. The second-order valence-electron chi connectivity index (χ2n) is 6.66. The monoisotopic (exact) mass is 494 g/mol. The van der Waals surface area contributed by atoms with Crippen molar-refractivity contribution in [2.45, 2.75) is 6.92 Å². The maximum absolute atomic E-state index is 12.5. The fourth-order valence-corrected chi connectivity index (χ4v) is 3.75. The molecule has 156 valence electrons. The third-order valence-corrected chi connectivity index (χ3v) is 5.35. The van der Waals surface area contributed by atoms with Crippen LogP contribution < -0.4 is 15.4 Å². The van der Waals surface area contributed by atoms with Crippen LogP contribution in [-0.2, 0) is 0 Å². The number of aromatic nitrogens is 2. The van der Waals surface area contributed by atoms with E-state index in [-0.39, 0.29) is 11.0 Å². The van der Waals surface area contributed by atoms with Crippen molar-refractivity contribution < 1.29 is 9.53 Å². The SMILES string of the molecule is CCOc1ccc(C(=O)NC(=S)Nc2ccc(-c3cn4ccccc4n3)cc2)cc1Br. The van der Waals surface area contributed by atoms with Gasteiger partial charge in [-0.25, -0.2) is 4.98 Å². The molecule has 0 aliphatic rings. The molecule has 2 N–H and O–H groups in total. The van der Waals surface area contributed by atoms with E-state index >= 15 is 0 Å². The van der Waals surface area contributed by atoms with E-state index in [0.29, 0.717) is 22.4 Å². The van der Waals surface area contributed by atoms with Crippen molar-refractivity contribution in [3.05, 3.63) is 83.1 Å². The molecule has 0 aliphatic carbocycles. The van der Waals surface area contributed by atoms with Crippen LogP contribution in [0, 0.1) is 0 Å². The zero-order valence-electron chi connectivity index (χ0n) is 16.6. The van der Waals surface area contributed by atoms with E-state index in [1.807, 2.05) is 66.2 Å². The summed E-state index contributed by atoms with van der Waals surface area (Å²) >= 11 is 8.70. The molecular formula is C23H19BrN4O2S. The number of hydrogen-bond acceptors (Lipinski definition) is 4. The fourth-order valence-electron chi connectivity index (χ4n) is 3.05. The molecule has 0 fully saturated rings. The van der Waals surface area contributed by atoms with E-state index in [9.17, 15) is 4.79 Å². The summed E-state index contributed by atoms with van der Waals surface area (Å²) in [6, 6.07) is 18.7. The first-order valence-electron chi connectivity index (χ1n) is 9.62. The van der Waals surface area contributed by atoms with Crippen molar-refractivity contribution in [2.75, 3.05) is 11.9 Å². The van der Waals surface area contributed by atoms with Crippen LogP contribution in [0.3, 0.4) is 0 Å². The van der Waals surface area contributed by atoms with Crippen molar-refractivity contribution in [1.29, 1.82) is 0 Å². The molecule has 0 aliphatic heterocycles. The molecule has 0 unspecified atom stereocenters. The Balaban J connectivity index is 1.39. The van der Waals surface area contributed by atoms with E-state index in [0.717, 1.165) is 22.6 Å². The Morgan fingerprint density at radius 3 is 2.68 bits per heavy atom. The Kier molecular flexibility index (Phi) is 6.29.